The van der Waals surface area contributed by atoms with E-state index in [4.69, 9.17) is 4.74 Å². The van der Waals surface area contributed by atoms with Gasteiger partial charge in [0.15, 0.2) is 0 Å². The number of aliphatic hydroxyl groups is 1. The molecule has 2 heterocycles. The van der Waals surface area contributed by atoms with Gasteiger partial charge in [0.25, 0.3) is 0 Å². The van der Waals surface area contributed by atoms with Crippen molar-refractivity contribution in [2.75, 3.05) is 26.7 Å². The quantitative estimate of drug-likeness (QED) is 0.644. The molecule has 0 aliphatic carbocycles. The number of sulfonamides is 1. The first kappa shape index (κ1) is 25.9. The lowest BCUT2D eigenvalue weighted by Crippen LogP contribution is -2.51. The lowest BCUT2D eigenvalue weighted by atomic mass is 10.0. The van der Waals surface area contributed by atoms with Crippen LogP contribution in [0, 0.1) is 5.92 Å². The van der Waals surface area contributed by atoms with Gasteiger partial charge in [-0.2, -0.15) is 4.31 Å². The number of carbonyl (C=O) groups is 1. The van der Waals surface area contributed by atoms with Gasteiger partial charge in [-0.25, -0.2) is 13.2 Å². The van der Waals surface area contributed by atoms with Gasteiger partial charge in [-0.05, 0) is 56.2 Å². The number of fused-ring (bicyclic) bond motifs is 1. The van der Waals surface area contributed by atoms with Crippen molar-refractivity contribution in [3.63, 3.8) is 0 Å². The number of rotatable bonds is 6. The van der Waals surface area contributed by atoms with Crippen LogP contribution < -0.4 is 10.1 Å². The molecule has 10 heteroatoms. The average molecular weight is 491 g/mol. The Morgan fingerprint density at radius 1 is 1.24 bits per heavy atom. The molecule has 0 unspecified atom stereocenters. The largest absolute Gasteiger partial charge is 0.487 e. The summed E-state index contributed by atoms with van der Waals surface area (Å²) in [6.45, 7) is 7.45. The fourth-order valence-corrected chi connectivity index (χ4v) is 5.70. The Kier molecular flexibility index (Phi) is 8.17. The number of hydrogen-bond acceptors (Lipinski definition) is 6. The van der Waals surface area contributed by atoms with E-state index in [1.54, 1.807) is 49.5 Å². The van der Waals surface area contributed by atoms with Gasteiger partial charge in [0.1, 0.15) is 16.7 Å². The third-order valence-corrected chi connectivity index (χ3v) is 7.91. The Morgan fingerprint density at radius 3 is 2.53 bits per heavy atom. The monoisotopic (exact) mass is 490 g/mol. The molecule has 186 valence electrons. The highest BCUT2D eigenvalue weighted by atomic mass is 32.2. The standard InChI is InChI=1S/C24H34N4O5S/c1-16(2)26-24(30)27(5)14-22-17(3)13-28(18(4)15-29)34(31,32)23-7-6-20(12-21(23)33-22)19-8-10-25-11-9-19/h6-12,16-18,22,29H,13-15H2,1-5H3,(H,26,30)/t17-,18+,22+/m0/s1. The van der Waals surface area contributed by atoms with Crippen molar-refractivity contribution in [3.8, 4) is 16.9 Å². The third kappa shape index (κ3) is 5.68. The van der Waals surface area contributed by atoms with Crippen LogP contribution in [0.2, 0.25) is 0 Å². The van der Waals surface area contributed by atoms with Gasteiger partial charge < -0.3 is 20.1 Å². The predicted octanol–water partition coefficient (Wildman–Crippen LogP) is 2.57. The molecule has 1 aromatic heterocycles. The topological polar surface area (TPSA) is 112 Å². The van der Waals surface area contributed by atoms with Crippen LogP contribution in [0.5, 0.6) is 5.75 Å². The van der Waals surface area contributed by atoms with Gasteiger partial charge in [0.05, 0.1) is 13.2 Å². The van der Waals surface area contributed by atoms with Crippen molar-refractivity contribution in [2.24, 2.45) is 5.92 Å². The third-order valence-electron chi connectivity index (χ3n) is 5.89. The van der Waals surface area contributed by atoms with E-state index in [1.165, 1.54) is 4.31 Å². The number of amides is 2. The number of nitrogens with one attached hydrogen (secondary N) is 1. The van der Waals surface area contributed by atoms with Crippen LogP contribution in [0.25, 0.3) is 11.1 Å². The number of carbonyl (C=O) groups excluding carboxylic acids is 1. The van der Waals surface area contributed by atoms with E-state index in [2.05, 4.69) is 10.3 Å². The molecule has 1 aromatic carbocycles. The van der Waals surface area contributed by atoms with E-state index in [9.17, 15) is 18.3 Å². The molecule has 2 aromatic rings. The Hall–Kier alpha value is -2.69. The molecule has 3 rings (SSSR count). The van der Waals surface area contributed by atoms with Crippen LogP contribution in [0.3, 0.4) is 0 Å². The maximum absolute atomic E-state index is 13.6. The molecule has 0 spiro atoms. The van der Waals surface area contributed by atoms with E-state index in [0.29, 0.717) is 0 Å². The minimum Gasteiger partial charge on any atom is -0.487 e. The lowest BCUT2D eigenvalue weighted by molar-refractivity contribution is 0.0810. The zero-order valence-corrected chi connectivity index (χ0v) is 21.1. The van der Waals surface area contributed by atoms with Gasteiger partial charge >= 0.3 is 6.03 Å². The number of urea groups is 1. The smallest absolute Gasteiger partial charge is 0.317 e. The number of aliphatic hydroxyl groups excluding tert-OH is 1. The molecular formula is C24H34N4O5S. The van der Waals surface area contributed by atoms with Crippen LogP contribution in [0.15, 0.2) is 47.6 Å². The van der Waals surface area contributed by atoms with Gasteiger partial charge in [-0.15, -0.1) is 0 Å². The van der Waals surface area contributed by atoms with Crippen molar-refractivity contribution < 1.29 is 23.1 Å². The van der Waals surface area contributed by atoms with Crippen LogP contribution in [-0.2, 0) is 10.0 Å². The zero-order chi connectivity index (χ0) is 25.0. The Labute approximate surface area is 201 Å². The summed E-state index contributed by atoms with van der Waals surface area (Å²) in [5, 5.41) is 12.6. The van der Waals surface area contributed by atoms with Gasteiger partial charge in [0, 0.05) is 44.0 Å². The fraction of sp³-hybridized carbons (Fsp3) is 0.500. The summed E-state index contributed by atoms with van der Waals surface area (Å²) in [6, 6.07) is 7.81. The summed E-state index contributed by atoms with van der Waals surface area (Å²) in [5.41, 5.74) is 1.66. The molecular weight excluding hydrogens is 456 g/mol. The molecule has 3 atom stereocenters. The number of hydrogen-bond donors (Lipinski definition) is 2. The summed E-state index contributed by atoms with van der Waals surface area (Å²) in [4.78, 5) is 18.1. The summed E-state index contributed by atoms with van der Waals surface area (Å²) >= 11 is 0. The highest BCUT2D eigenvalue weighted by Gasteiger charge is 2.38. The van der Waals surface area contributed by atoms with E-state index < -0.39 is 22.2 Å². The molecule has 2 amide bonds. The van der Waals surface area contributed by atoms with Gasteiger partial charge in [0.2, 0.25) is 10.0 Å². The maximum atomic E-state index is 13.6. The second-order valence-corrected chi connectivity index (χ2v) is 11.0. The van der Waals surface area contributed by atoms with Crippen molar-refractivity contribution in [1.82, 2.24) is 19.5 Å². The lowest BCUT2D eigenvalue weighted by Gasteiger charge is -2.37. The molecule has 0 saturated carbocycles. The first-order valence-corrected chi connectivity index (χ1v) is 12.8. The van der Waals surface area contributed by atoms with E-state index in [-0.39, 0.29) is 48.3 Å². The molecule has 1 aliphatic heterocycles. The Morgan fingerprint density at radius 2 is 1.91 bits per heavy atom. The number of pyridine rings is 1. The maximum Gasteiger partial charge on any atom is 0.317 e. The van der Waals surface area contributed by atoms with E-state index in [0.717, 1.165) is 11.1 Å². The number of benzene rings is 1. The summed E-state index contributed by atoms with van der Waals surface area (Å²) in [7, 11) is -2.24. The first-order valence-electron chi connectivity index (χ1n) is 11.4. The molecule has 0 saturated heterocycles. The van der Waals surface area contributed by atoms with E-state index in [1.807, 2.05) is 32.9 Å². The molecule has 9 nitrogen and oxygen atoms in total. The molecule has 34 heavy (non-hydrogen) atoms. The summed E-state index contributed by atoms with van der Waals surface area (Å²) in [6.07, 6.45) is 2.86. The number of ether oxygens (including phenoxy) is 1. The molecule has 2 N–H and O–H groups in total. The first-order chi connectivity index (χ1) is 16.0. The zero-order valence-electron chi connectivity index (χ0n) is 20.3. The molecule has 0 radical (unpaired) electrons. The van der Waals surface area contributed by atoms with Crippen molar-refractivity contribution >= 4 is 16.1 Å². The number of nitrogens with zero attached hydrogens (tertiary/aromatic N) is 3. The van der Waals surface area contributed by atoms with Crippen molar-refractivity contribution in [2.45, 2.75) is 50.8 Å². The van der Waals surface area contributed by atoms with Gasteiger partial charge in [-0.1, -0.05) is 13.0 Å². The van der Waals surface area contributed by atoms with Crippen LogP contribution in [-0.4, -0.2) is 78.7 Å². The second-order valence-electron chi connectivity index (χ2n) is 9.12. The Balaban J connectivity index is 2.06. The normalized spacial score (nSPS) is 21.0. The summed E-state index contributed by atoms with van der Waals surface area (Å²) in [5.74, 6) is -0.0329. The van der Waals surface area contributed by atoms with Gasteiger partial charge in [-0.3, -0.25) is 4.98 Å². The minimum absolute atomic E-state index is 0.0136. The highest BCUT2D eigenvalue weighted by molar-refractivity contribution is 7.89. The molecule has 1 aliphatic rings. The Bertz CT molecular complexity index is 1090. The van der Waals surface area contributed by atoms with Crippen LogP contribution in [0.1, 0.15) is 27.7 Å². The average Bonchev–Trinajstić information content (AvgIpc) is 2.80. The minimum atomic E-state index is -3.93. The summed E-state index contributed by atoms with van der Waals surface area (Å²) < 4.78 is 34.8. The molecule has 0 bridgehead atoms. The predicted molar refractivity (Wildman–Crippen MR) is 130 cm³/mol. The second kappa shape index (κ2) is 10.7. The van der Waals surface area contributed by atoms with Crippen LogP contribution >= 0.6 is 0 Å². The molecule has 0 fully saturated rings. The number of aromatic nitrogens is 1. The SMILES string of the molecule is CC(C)NC(=O)N(C)C[C@H]1Oc2cc(-c3ccncc3)ccc2S(=O)(=O)N([C@H](C)CO)C[C@@H]1C. The fourth-order valence-electron chi connectivity index (χ4n) is 3.88. The van der Waals surface area contributed by atoms with Crippen molar-refractivity contribution in [3.05, 3.63) is 42.7 Å². The number of likely N-dealkylation sites (N-methyl/N-ethyl adjacent to an activating group) is 1. The van der Waals surface area contributed by atoms with E-state index >= 15 is 0 Å². The van der Waals surface area contributed by atoms with Crippen LogP contribution in [0.4, 0.5) is 4.79 Å². The van der Waals surface area contributed by atoms with Crippen molar-refractivity contribution in [1.29, 1.82) is 0 Å². The highest BCUT2D eigenvalue weighted by Crippen LogP contribution is 2.36.